The van der Waals surface area contributed by atoms with Gasteiger partial charge >= 0.3 is 0 Å². The summed E-state index contributed by atoms with van der Waals surface area (Å²) in [6, 6.07) is 0. The number of hydrogen-bond donors (Lipinski definition) is 3. The molecule has 0 aromatic carbocycles. The van der Waals surface area contributed by atoms with Crippen LogP contribution in [-0.4, -0.2) is 33.0 Å². The third-order valence-electron chi connectivity index (χ3n) is 2.09. The summed E-state index contributed by atoms with van der Waals surface area (Å²) in [5.41, 5.74) is 12.3. The van der Waals surface area contributed by atoms with Crippen LogP contribution in [0.5, 0.6) is 5.88 Å². The first-order valence-corrected chi connectivity index (χ1v) is 4.82. The SMILES string of the molecule is CCOc1[nH]n2c(CCN)nnc2c1N. The molecule has 7 heteroatoms. The Balaban J connectivity index is 2.46. The molecule has 2 aromatic rings. The predicted molar refractivity (Wildman–Crippen MR) is 55.7 cm³/mol. The Morgan fingerprint density at radius 3 is 2.93 bits per heavy atom. The highest BCUT2D eigenvalue weighted by Gasteiger charge is 2.14. The van der Waals surface area contributed by atoms with Crippen molar-refractivity contribution in [3.05, 3.63) is 5.82 Å². The Hall–Kier alpha value is -1.76. The molecule has 0 fully saturated rings. The van der Waals surface area contributed by atoms with Gasteiger partial charge in [-0.3, -0.25) is 5.10 Å². The number of anilines is 1. The summed E-state index contributed by atoms with van der Waals surface area (Å²) in [5, 5.41) is 10.9. The fraction of sp³-hybridized carbons (Fsp3) is 0.500. The number of nitrogens with one attached hydrogen (secondary N) is 1. The fourth-order valence-electron chi connectivity index (χ4n) is 1.42. The van der Waals surface area contributed by atoms with Crippen LogP contribution in [0.1, 0.15) is 12.7 Å². The quantitative estimate of drug-likeness (QED) is 0.633. The fourth-order valence-corrected chi connectivity index (χ4v) is 1.42. The zero-order valence-electron chi connectivity index (χ0n) is 8.53. The molecular formula is C8H14N6O. The molecule has 0 bridgehead atoms. The van der Waals surface area contributed by atoms with E-state index in [1.54, 1.807) is 4.52 Å². The van der Waals surface area contributed by atoms with E-state index in [0.29, 0.717) is 36.8 Å². The van der Waals surface area contributed by atoms with E-state index in [1.165, 1.54) is 0 Å². The number of ether oxygens (including phenoxy) is 1. The normalized spacial score (nSPS) is 11.1. The van der Waals surface area contributed by atoms with Gasteiger partial charge in [0.15, 0.2) is 5.82 Å². The number of nitrogens with two attached hydrogens (primary N) is 2. The van der Waals surface area contributed by atoms with Crippen LogP contribution in [0.15, 0.2) is 0 Å². The van der Waals surface area contributed by atoms with Crippen LogP contribution in [0.25, 0.3) is 5.65 Å². The largest absolute Gasteiger partial charge is 0.477 e. The molecule has 0 radical (unpaired) electrons. The van der Waals surface area contributed by atoms with Gasteiger partial charge in [0.25, 0.3) is 0 Å². The van der Waals surface area contributed by atoms with Crippen LogP contribution >= 0.6 is 0 Å². The van der Waals surface area contributed by atoms with E-state index in [4.69, 9.17) is 16.2 Å². The molecule has 0 unspecified atom stereocenters. The number of fused-ring (bicyclic) bond motifs is 1. The highest BCUT2D eigenvalue weighted by Crippen LogP contribution is 2.24. The first kappa shape index (κ1) is 9.78. The van der Waals surface area contributed by atoms with E-state index in [-0.39, 0.29) is 0 Å². The minimum atomic E-state index is 0.479. The summed E-state index contributed by atoms with van der Waals surface area (Å²) in [6.07, 6.45) is 0.646. The zero-order chi connectivity index (χ0) is 10.8. The van der Waals surface area contributed by atoms with Crippen LogP contribution in [0.2, 0.25) is 0 Å². The topological polar surface area (TPSA) is 107 Å². The predicted octanol–water partition coefficient (Wildman–Crippen LogP) is -0.460. The van der Waals surface area contributed by atoms with Gasteiger partial charge < -0.3 is 16.2 Å². The average molecular weight is 210 g/mol. The second kappa shape index (κ2) is 3.77. The maximum Gasteiger partial charge on any atom is 0.234 e. The minimum Gasteiger partial charge on any atom is -0.477 e. The number of aromatic nitrogens is 4. The van der Waals surface area contributed by atoms with Crippen molar-refractivity contribution in [2.45, 2.75) is 13.3 Å². The van der Waals surface area contributed by atoms with Gasteiger partial charge in [-0.1, -0.05) is 0 Å². The lowest BCUT2D eigenvalue weighted by atomic mass is 10.4. The molecular weight excluding hydrogens is 196 g/mol. The van der Waals surface area contributed by atoms with E-state index in [0.717, 1.165) is 5.82 Å². The highest BCUT2D eigenvalue weighted by atomic mass is 16.5. The summed E-state index contributed by atoms with van der Waals surface area (Å²) in [7, 11) is 0. The van der Waals surface area contributed by atoms with E-state index >= 15 is 0 Å². The van der Waals surface area contributed by atoms with Crippen molar-refractivity contribution in [3.63, 3.8) is 0 Å². The number of nitrogens with zero attached hydrogens (tertiary/aromatic N) is 3. The maximum absolute atomic E-state index is 5.82. The lowest BCUT2D eigenvalue weighted by Gasteiger charge is -1.98. The molecule has 82 valence electrons. The minimum absolute atomic E-state index is 0.479. The van der Waals surface area contributed by atoms with Crippen LogP contribution in [0, 0.1) is 0 Å². The number of hydrogen-bond acceptors (Lipinski definition) is 5. The van der Waals surface area contributed by atoms with Crippen molar-refractivity contribution in [1.82, 2.24) is 19.8 Å². The van der Waals surface area contributed by atoms with E-state index < -0.39 is 0 Å². The number of rotatable bonds is 4. The summed E-state index contributed by atoms with van der Waals surface area (Å²) >= 11 is 0. The van der Waals surface area contributed by atoms with Gasteiger partial charge in [0.05, 0.1) is 6.61 Å². The zero-order valence-corrected chi connectivity index (χ0v) is 8.53. The van der Waals surface area contributed by atoms with Gasteiger partial charge in [-0.2, -0.15) is 0 Å². The third kappa shape index (κ3) is 1.50. The standard InChI is InChI=1S/C8H14N6O/c1-2-15-8-6(10)7-12-11-5(3-4-9)14(7)13-8/h13H,2-4,9-10H2,1H3. The van der Waals surface area contributed by atoms with Gasteiger partial charge in [-0.05, 0) is 13.5 Å². The molecule has 0 saturated heterocycles. The molecule has 15 heavy (non-hydrogen) atoms. The van der Waals surface area contributed by atoms with Crippen molar-refractivity contribution in [2.75, 3.05) is 18.9 Å². The molecule has 0 aliphatic carbocycles. The summed E-state index contributed by atoms with van der Waals surface area (Å²) in [5.74, 6) is 1.28. The van der Waals surface area contributed by atoms with Crippen molar-refractivity contribution in [1.29, 1.82) is 0 Å². The summed E-state index contributed by atoms with van der Waals surface area (Å²) in [4.78, 5) is 0. The van der Waals surface area contributed by atoms with Crippen LogP contribution < -0.4 is 16.2 Å². The van der Waals surface area contributed by atoms with Crippen LogP contribution in [0.3, 0.4) is 0 Å². The van der Waals surface area contributed by atoms with Crippen molar-refractivity contribution in [2.24, 2.45) is 5.73 Å². The van der Waals surface area contributed by atoms with E-state index in [9.17, 15) is 0 Å². The molecule has 7 nitrogen and oxygen atoms in total. The molecule has 0 spiro atoms. The second-order valence-corrected chi connectivity index (χ2v) is 3.10. The van der Waals surface area contributed by atoms with Crippen molar-refractivity contribution in [3.8, 4) is 5.88 Å². The number of nitrogen functional groups attached to an aromatic ring is 1. The van der Waals surface area contributed by atoms with Crippen molar-refractivity contribution >= 4 is 11.3 Å². The van der Waals surface area contributed by atoms with Gasteiger partial charge in [-0.15, -0.1) is 10.2 Å². The number of aromatic amines is 1. The Bertz CT molecular complexity index is 459. The van der Waals surface area contributed by atoms with Gasteiger partial charge in [-0.25, -0.2) is 4.52 Å². The lowest BCUT2D eigenvalue weighted by molar-refractivity contribution is 0.326. The average Bonchev–Trinajstić information content (AvgIpc) is 2.73. The molecule has 2 heterocycles. The summed E-state index contributed by atoms with van der Waals surface area (Å²) in [6.45, 7) is 2.96. The molecule has 0 saturated carbocycles. The smallest absolute Gasteiger partial charge is 0.234 e. The molecule has 2 aromatic heterocycles. The Morgan fingerprint density at radius 1 is 1.47 bits per heavy atom. The first-order valence-electron chi connectivity index (χ1n) is 4.82. The monoisotopic (exact) mass is 210 g/mol. The van der Waals surface area contributed by atoms with Gasteiger partial charge in [0.1, 0.15) is 5.69 Å². The second-order valence-electron chi connectivity index (χ2n) is 3.10. The lowest BCUT2D eigenvalue weighted by Crippen LogP contribution is -2.06. The molecule has 0 amide bonds. The van der Waals surface area contributed by atoms with Crippen molar-refractivity contribution < 1.29 is 4.74 Å². The van der Waals surface area contributed by atoms with E-state index in [1.807, 2.05) is 6.92 Å². The van der Waals surface area contributed by atoms with Crippen LogP contribution in [0.4, 0.5) is 5.69 Å². The Labute approximate surface area is 86.4 Å². The molecule has 0 aliphatic rings. The van der Waals surface area contributed by atoms with Crippen LogP contribution in [-0.2, 0) is 6.42 Å². The molecule has 2 rings (SSSR count). The first-order chi connectivity index (χ1) is 7.27. The van der Waals surface area contributed by atoms with Gasteiger partial charge in [0, 0.05) is 6.42 Å². The molecule has 0 aliphatic heterocycles. The molecule has 0 atom stereocenters. The third-order valence-corrected chi connectivity index (χ3v) is 2.09. The highest BCUT2D eigenvalue weighted by molar-refractivity contribution is 5.70. The number of H-pyrrole nitrogens is 1. The van der Waals surface area contributed by atoms with E-state index in [2.05, 4.69) is 15.3 Å². The Kier molecular flexibility index (Phi) is 2.46. The Morgan fingerprint density at radius 2 is 2.27 bits per heavy atom. The molecule has 5 N–H and O–H groups in total. The summed E-state index contributed by atoms with van der Waals surface area (Å²) < 4.78 is 7.01. The maximum atomic E-state index is 5.82. The van der Waals surface area contributed by atoms with Gasteiger partial charge in [0.2, 0.25) is 11.5 Å².